The Kier molecular flexibility index (Phi) is 7.32. The molecule has 0 aromatic rings. The molecular weight excluding hydrogens is 338 g/mol. The maximum atomic E-state index is 11.4. The minimum absolute atomic E-state index is 0.343. The van der Waals surface area contributed by atoms with Gasteiger partial charge in [0.2, 0.25) is 6.10 Å². The van der Waals surface area contributed by atoms with Crippen LogP contribution >= 0.6 is 0 Å². The average Bonchev–Trinajstić information content (AvgIpc) is 2.48. The normalized spacial score (nSPS) is 28.2. The first-order valence-corrected chi connectivity index (χ1v) is 7.32. The smallest absolute Gasteiger partial charge is 0.369 e. The van der Waals surface area contributed by atoms with Gasteiger partial charge in [0.15, 0.2) is 12.2 Å². The van der Waals surface area contributed by atoms with Gasteiger partial charge >= 0.3 is 30.1 Å². The molecule has 25 heavy (non-hydrogen) atoms. The Balaban J connectivity index is 3.21. The lowest BCUT2D eigenvalue weighted by Crippen LogP contribution is -2.61. The fourth-order valence-corrected chi connectivity index (χ4v) is 2.31. The highest BCUT2D eigenvalue weighted by Gasteiger charge is 2.55. The van der Waals surface area contributed by atoms with Gasteiger partial charge in [-0.05, 0) is 0 Å². The van der Waals surface area contributed by atoms with E-state index in [0.29, 0.717) is 0 Å². The van der Waals surface area contributed by atoms with Gasteiger partial charge in [-0.25, -0.2) is 6.57 Å². The Hall–Kier alpha value is -2.67. The SMILES string of the molecule is [C-]#[N+][C@@H]1O[C@H](COC(C)=O)[C@@H](OC(C)=O)[C@H](OC(C)=O)[C@H]1OC(C)=O. The molecule has 10 nitrogen and oxygen atoms in total. The molecule has 0 aliphatic carbocycles. The third-order valence-electron chi connectivity index (χ3n) is 3.09. The van der Waals surface area contributed by atoms with E-state index in [2.05, 4.69) is 4.85 Å². The molecule has 0 bridgehead atoms. The molecule has 0 saturated carbocycles. The molecule has 1 aliphatic rings. The predicted octanol–water partition coefficient (Wildman–Crippen LogP) is -0.0112. The second-order valence-electron chi connectivity index (χ2n) is 5.22. The van der Waals surface area contributed by atoms with Gasteiger partial charge in [0.1, 0.15) is 12.7 Å². The van der Waals surface area contributed by atoms with E-state index in [0.717, 1.165) is 20.8 Å². The summed E-state index contributed by atoms with van der Waals surface area (Å²) in [5, 5.41) is 0. The Bertz CT molecular complexity index is 582. The quantitative estimate of drug-likeness (QED) is 0.380. The van der Waals surface area contributed by atoms with Gasteiger partial charge in [-0.3, -0.25) is 28.8 Å². The minimum atomic E-state index is -1.33. The number of esters is 4. The number of hydrogen-bond donors (Lipinski definition) is 0. The van der Waals surface area contributed by atoms with Crippen molar-refractivity contribution in [3.05, 3.63) is 11.4 Å². The summed E-state index contributed by atoms with van der Waals surface area (Å²) < 4.78 is 25.6. The summed E-state index contributed by atoms with van der Waals surface area (Å²) in [5.41, 5.74) is 0. The first-order chi connectivity index (χ1) is 11.6. The van der Waals surface area contributed by atoms with E-state index in [1.54, 1.807) is 0 Å². The fourth-order valence-electron chi connectivity index (χ4n) is 2.31. The highest BCUT2D eigenvalue weighted by molar-refractivity contribution is 5.68. The van der Waals surface area contributed by atoms with E-state index >= 15 is 0 Å². The maximum absolute atomic E-state index is 11.4. The lowest BCUT2D eigenvalue weighted by molar-refractivity contribution is -0.244. The molecule has 0 amide bonds. The van der Waals surface area contributed by atoms with Crippen molar-refractivity contribution in [1.82, 2.24) is 0 Å². The molecule has 0 aromatic heterocycles. The van der Waals surface area contributed by atoms with E-state index in [1.165, 1.54) is 6.92 Å². The summed E-state index contributed by atoms with van der Waals surface area (Å²) in [6.07, 6.45) is -6.25. The van der Waals surface area contributed by atoms with Crippen molar-refractivity contribution in [3.63, 3.8) is 0 Å². The standard InChI is InChI=1S/C15H19NO9/c1-7(17)21-6-11-12(22-8(2)18)13(23-9(3)19)14(24-10(4)20)15(16-5)25-11/h11-15H,6H2,1-4H3/t11-,12-,13+,14-,15-/m1/s1. The van der Waals surface area contributed by atoms with E-state index in [-0.39, 0.29) is 6.61 Å². The van der Waals surface area contributed by atoms with E-state index < -0.39 is 54.5 Å². The van der Waals surface area contributed by atoms with E-state index in [9.17, 15) is 19.2 Å². The van der Waals surface area contributed by atoms with Crippen molar-refractivity contribution in [2.75, 3.05) is 6.61 Å². The van der Waals surface area contributed by atoms with Crippen LogP contribution in [0.15, 0.2) is 0 Å². The molecule has 0 aromatic carbocycles. The second kappa shape index (κ2) is 8.98. The van der Waals surface area contributed by atoms with Crippen LogP contribution in [0.1, 0.15) is 27.7 Å². The van der Waals surface area contributed by atoms with Crippen LogP contribution in [-0.4, -0.2) is 61.1 Å². The van der Waals surface area contributed by atoms with Crippen LogP contribution in [0.5, 0.6) is 0 Å². The van der Waals surface area contributed by atoms with Gasteiger partial charge in [0, 0.05) is 27.7 Å². The number of ether oxygens (including phenoxy) is 5. The molecule has 10 heteroatoms. The Morgan fingerprint density at radius 1 is 0.840 bits per heavy atom. The van der Waals surface area contributed by atoms with Gasteiger partial charge in [0.25, 0.3) is 0 Å². The monoisotopic (exact) mass is 357 g/mol. The van der Waals surface area contributed by atoms with E-state index in [4.69, 9.17) is 30.3 Å². The average molecular weight is 357 g/mol. The lowest BCUT2D eigenvalue weighted by atomic mass is 9.97. The fraction of sp³-hybridized carbons (Fsp3) is 0.667. The van der Waals surface area contributed by atoms with Crippen LogP contribution < -0.4 is 0 Å². The van der Waals surface area contributed by atoms with Crippen LogP contribution in [0.3, 0.4) is 0 Å². The lowest BCUT2D eigenvalue weighted by Gasteiger charge is -2.40. The van der Waals surface area contributed by atoms with Gasteiger partial charge in [-0.1, -0.05) is 0 Å². The summed E-state index contributed by atoms with van der Waals surface area (Å²) in [6.45, 7) is 11.4. The summed E-state index contributed by atoms with van der Waals surface area (Å²) in [5.74, 6) is -2.81. The molecule has 1 aliphatic heterocycles. The van der Waals surface area contributed by atoms with Gasteiger partial charge in [0.05, 0.1) is 0 Å². The second-order valence-corrected chi connectivity index (χ2v) is 5.22. The van der Waals surface area contributed by atoms with Crippen molar-refractivity contribution < 1.29 is 42.9 Å². The molecule has 138 valence electrons. The molecule has 1 saturated heterocycles. The van der Waals surface area contributed by atoms with Crippen molar-refractivity contribution in [1.29, 1.82) is 0 Å². The molecule has 1 fully saturated rings. The highest BCUT2D eigenvalue weighted by Crippen LogP contribution is 2.29. The van der Waals surface area contributed by atoms with Crippen molar-refractivity contribution >= 4 is 23.9 Å². The van der Waals surface area contributed by atoms with Crippen molar-refractivity contribution in [3.8, 4) is 0 Å². The molecular formula is C15H19NO9. The molecule has 5 atom stereocenters. The zero-order valence-corrected chi connectivity index (χ0v) is 14.2. The van der Waals surface area contributed by atoms with Crippen LogP contribution in [0.4, 0.5) is 0 Å². The zero-order chi connectivity index (χ0) is 19.1. The zero-order valence-electron chi connectivity index (χ0n) is 14.2. The minimum Gasteiger partial charge on any atom is -0.463 e. The summed E-state index contributed by atoms with van der Waals surface area (Å²) in [6, 6.07) is 0. The number of nitrogens with zero attached hydrogens (tertiary/aromatic N) is 1. The highest BCUT2D eigenvalue weighted by atomic mass is 16.7. The molecule has 0 radical (unpaired) electrons. The summed E-state index contributed by atoms with van der Waals surface area (Å²) >= 11 is 0. The van der Waals surface area contributed by atoms with E-state index in [1.807, 2.05) is 0 Å². The number of carbonyl (C=O) groups is 4. The largest absolute Gasteiger partial charge is 0.463 e. The number of carbonyl (C=O) groups excluding carboxylic acids is 4. The molecule has 0 spiro atoms. The molecule has 1 heterocycles. The first-order valence-electron chi connectivity index (χ1n) is 7.32. The summed E-state index contributed by atoms with van der Waals surface area (Å²) in [4.78, 5) is 48.4. The molecule has 0 unspecified atom stereocenters. The van der Waals surface area contributed by atoms with Crippen LogP contribution in [0.25, 0.3) is 4.85 Å². The Morgan fingerprint density at radius 2 is 1.32 bits per heavy atom. The van der Waals surface area contributed by atoms with Gasteiger partial charge < -0.3 is 18.9 Å². The summed E-state index contributed by atoms with van der Waals surface area (Å²) in [7, 11) is 0. The Labute approximate surface area is 144 Å². The van der Waals surface area contributed by atoms with Crippen LogP contribution in [0, 0.1) is 6.57 Å². The van der Waals surface area contributed by atoms with Crippen LogP contribution in [-0.2, 0) is 42.9 Å². The number of hydrogen-bond acceptors (Lipinski definition) is 9. The van der Waals surface area contributed by atoms with Crippen LogP contribution in [0.2, 0.25) is 0 Å². The molecule has 1 rings (SSSR count). The van der Waals surface area contributed by atoms with Gasteiger partial charge in [-0.2, -0.15) is 0 Å². The topological polar surface area (TPSA) is 119 Å². The number of rotatable bonds is 5. The van der Waals surface area contributed by atoms with Crippen molar-refractivity contribution in [2.24, 2.45) is 0 Å². The van der Waals surface area contributed by atoms with Gasteiger partial charge in [-0.15, -0.1) is 0 Å². The van der Waals surface area contributed by atoms with Crippen molar-refractivity contribution in [2.45, 2.75) is 58.3 Å². The first kappa shape index (κ1) is 20.4. The third kappa shape index (κ3) is 6.04. The maximum Gasteiger partial charge on any atom is 0.369 e. The third-order valence-corrected chi connectivity index (χ3v) is 3.09. The Morgan fingerprint density at radius 3 is 1.76 bits per heavy atom. The molecule has 0 N–H and O–H groups in total. The predicted molar refractivity (Wildman–Crippen MR) is 78.6 cm³/mol.